The molecular formula is C26H28N9O9S2+. The number of rotatable bonds is 10. The molecule has 20 heteroatoms. The Labute approximate surface area is 267 Å². The van der Waals surface area contributed by atoms with E-state index in [0.29, 0.717) is 11.3 Å². The number of thiazole rings is 1. The largest absolute Gasteiger partial charge is 0.478 e. The Balaban J connectivity index is 1.48. The first-order valence-electron chi connectivity index (χ1n) is 13.4. The normalized spacial score (nSPS) is 21.5. The molecule has 242 valence electrons. The number of carbonyl (C=O) groups is 5. The minimum atomic E-state index is -1.81. The molecule has 2 aliphatic heterocycles. The van der Waals surface area contributed by atoms with Gasteiger partial charge in [0.15, 0.2) is 10.8 Å². The average Bonchev–Trinajstić information content (AvgIpc) is 3.61. The Bertz CT molecular complexity index is 1920. The molecule has 0 unspecified atom stereocenters. The Morgan fingerprint density at radius 1 is 1.20 bits per heavy atom. The highest BCUT2D eigenvalue weighted by Crippen LogP contribution is 2.54. The smallest absolute Gasteiger partial charge is 0.425 e. The molecule has 18 nitrogen and oxygen atoms in total. The van der Waals surface area contributed by atoms with E-state index in [9.17, 15) is 39.3 Å². The number of nitrogens with zero attached hydrogens (tertiary/aromatic N) is 7. The molecule has 6 N–H and O–H groups in total. The predicted octanol–water partition coefficient (Wildman–Crippen LogP) is -0.135. The monoisotopic (exact) mass is 674 g/mol. The number of aryl methyl sites for hydroxylation is 1. The molecule has 3 aromatic heterocycles. The summed E-state index contributed by atoms with van der Waals surface area (Å²) >= 11 is 2.20. The quantitative estimate of drug-likeness (QED) is 0.0812. The molecule has 46 heavy (non-hydrogen) atoms. The highest BCUT2D eigenvalue weighted by molar-refractivity contribution is 8.01. The molecular weight excluding hydrogens is 646 g/mol. The van der Waals surface area contributed by atoms with Gasteiger partial charge in [-0.05, 0) is 39.6 Å². The molecule has 2 atom stereocenters. The zero-order valence-electron chi connectivity index (χ0n) is 25.0. The van der Waals surface area contributed by atoms with Gasteiger partial charge in [0.25, 0.3) is 11.8 Å². The number of anilines is 1. The van der Waals surface area contributed by atoms with Crippen molar-refractivity contribution < 1.29 is 48.7 Å². The van der Waals surface area contributed by atoms with Crippen molar-refractivity contribution in [2.24, 2.45) is 5.16 Å². The fourth-order valence-corrected chi connectivity index (χ4v) is 6.85. The number of fused-ring (bicyclic) bond motifs is 2. The summed E-state index contributed by atoms with van der Waals surface area (Å²) in [6.45, 7) is 7.18. The van der Waals surface area contributed by atoms with Crippen LogP contribution >= 0.6 is 23.1 Å². The Kier molecular flexibility index (Phi) is 7.76. The number of β-lactam (4-membered cyclic amide) rings is 1. The Morgan fingerprint density at radius 2 is 1.89 bits per heavy atom. The van der Waals surface area contributed by atoms with Crippen LogP contribution in [0.2, 0.25) is 0 Å². The molecule has 0 spiro atoms. The highest BCUT2D eigenvalue weighted by atomic mass is 32.2. The zero-order valence-corrected chi connectivity index (χ0v) is 26.6. The average molecular weight is 675 g/mol. The van der Waals surface area contributed by atoms with E-state index in [4.69, 9.17) is 10.6 Å². The van der Waals surface area contributed by atoms with Gasteiger partial charge in [0.2, 0.25) is 5.60 Å². The summed E-state index contributed by atoms with van der Waals surface area (Å²) in [7, 11) is 0. The number of nitrogen functional groups attached to an aromatic ring is 1. The van der Waals surface area contributed by atoms with Gasteiger partial charge in [-0.25, -0.2) is 23.9 Å². The molecule has 0 aliphatic carbocycles. The minimum Gasteiger partial charge on any atom is -0.478 e. The summed E-state index contributed by atoms with van der Waals surface area (Å²) in [5.41, 5.74) is 2.47. The second-order valence-corrected chi connectivity index (χ2v) is 13.5. The van der Waals surface area contributed by atoms with Crippen molar-refractivity contribution in [1.82, 2.24) is 29.8 Å². The number of oxime groups is 1. The molecule has 2 aliphatic rings. The number of aliphatic carboxylic acids is 2. The van der Waals surface area contributed by atoms with Gasteiger partial charge in [-0.3, -0.25) is 14.5 Å². The summed E-state index contributed by atoms with van der Waals surface area (Å²) in [6.07, 6.45) is 1.53. The van der Waals surface area contributed by atoms with E-state index < -0.39 is 57.3 Å². The number of hydrogen-bond acceptors (Lipinski definition) is 13. The number of amides is 2. The third-order valence-corrected chi connectivity index (χ3v) is 10.1. The third-order valence-electron chi connectivity index (χ3n) is 7.77. The van der Waals surface area contributed by atoms with Crippen LogP contribution in [-0.4, -0.2) is 97.0 Å². The first-order valence-corrected chi connectivity index (χ1v) is 15.2. The second kappa shape index (κ2) is 11.1. The minimum absolute atomic E-state index is 0.0237. The number of carboxylic acid groups (broad SMARTS) is 3. The fraction of sp³-hybridized carbons (Fsp3) is 0.385. The predicted molar refractivity (Wildman–Crippen MR) is 160 cm³/mol. The molecule has 2 amide bonds. The van der Waals surface area contributed by atoms with Crippen molar-refractivity contribution in [3.05, 3.63) is 46.1 Å². The standard InChI is InChI=1S/C26H27N9O9S2/c1-11-6-7-34-23(29-16(31-34)19(39)40)33(11)8-12-9-46-26(5)25(4,20(41)35(26)15(12)18(37)38)30-17(36)14(13-10-45-22(27)28-13)32-44-24(2,3)21(42)43/h6-7,10H,8-9H2,1-5H3,(H5-,27,28,30,36,37,38,39,40,42,43)/p+1/b32-14-/t25-,26-/m1/s1. The maximum absolute atomic E-state index is 13.8. The Hall–Kier alpha value is -5.11. The topological polar surface area (TPSA) is 256 Å². The van der Waals surface area contributed by atoms with Crippen molar-refractivity contribution in [3.8, 4) is 0 Å². The number of nitrogens with two attached hydrogens (primary N) is 1. The number of carbonyl (C=O) groups excluding carboxylic acids is 2. The number of aromatic nitrogens is 5. The summed E-state index contributed by atoms with van der Waals surface area (Å²) in [5.74, 6) is -5.91. The first-order chi connectivity index (χ1) is 21.4. The number of thioether (sulfide) groups is 1. The summed E-state index contributed by atoms with van der Waals surface area (Å²) in [5, 5.41) is 40.9. The van der Waals surface area contributed by atoms with Crippen molar-refractivity contribution in [3.63, 3.8) is 0 Å². The molecule has 0 aromatic carbocycles. The van der Waals surface area contributed by atoms with Gasteiger partial charge < -0.3 is 31.2 Å². The molecule has 0 saturated carbocycles. The van der Waals surface area contributed by atoms with E-state index in [1.165, 1.54) is 48.6 Å². The summed E-state index contributed by atoms with van der Waals surface area (Å²) < 4.78 is 2.85. The van der Waals surface area contributed by atoms with Crippen LogP contribution in [-0.2, 0) is 30.6 Å². The van der Waals surface area contributed by atoms with E-state index >= 15 is 0 Å². The van der Waals surface area contributed by atoms with Crippen LogP contribution in [0.3, 0.4) is 0 Å². The van der Waals surface area contributed by atoms with E-state index in [1.54, 1.807) is 24.5 Å². The van der Waals surface area contributed by atoms with Gasteiger partial charge >= 0.3 is 29.5 Å². The van der Waals surface area contributed by atoms with Crippen LogP contribution in [0.15, 0.2) is 34.1 Å². The van der Waals surface area contributed by atoms with Gasteiger partial charge in [-0.1, -0.05) is 10.3 Å². The van der Waals surface area contributed by atoms with Gasteiger partial charge in [-0.2, -0.15) is 0 Å². The maximum Gasteiger partial charge on any atom is 0.425 e. The lowest BCUT2D eigenvalue weighted by Crippen LogP contribution is -2.85. The van der Waals surface area contributed by atoms with E-state index in [-0.39, 0.29) is 34.6 Å². The van der Waals surface area contributed by atoms with Gasteiger partial charge in [0, 0.05) is 22.8 Å². The molecule has 3 aromatic rings. The van der Waals surface area contributed by atoms with Crippen molar-refractivity contribution in [2.45, 2.75) is 57.2 Å². The van der Waals surface area contributed by atoms with Crippen LogP contribution in [0.1, 0.15) is 49.7 Å². The van der Waals surface area contributed by atoms with E-state index in [0.717, 1.165) is 16.2 Å². The van der Waals surface area contributed by atoms with Crippen molar-refractivity contribution in [2.75, 3.05) is 11.5 Å². The lowest BCUT2D eigenvalue weighted by molar-refractivity contribution is -0.674. The molecule has 5 rings (SSSR count). The lowest BCUT2D eigenvalue weighted by Gasteiger charge is -2.63. The molecule has 1 saturated heterocycles. The van der Waals surface area contributed by atoms with Crippen molar-refractivity contribution >= 4 is 69.4 Å². The van der Waals surface area contributed by atoms with Gasteiger partial charge in [0.1, 0.15) is 21.8 Å². The van der Waals surface area contributed by atoms with Crippen LogP contribution in [0.5, 0.6) is 0 Å². The molecule has 1 fully saturated rings. The zero-order chi connectivity index (χ0) is 33.9. The first kappa shape index (κ1) is 32.3. The highest BCUT2D eigenvalue weighted by Gasteiger charge is 2.71. The van der Waals surface area contributed by atoms with Crippen LogP contribution < -0.4 is 15.6 Å². The molecule has 0 bridgehead atoms. The van der Waals surface area contributed by atoms with E-state index in [1.807, 2.05) is 0 Å². The fourth-order valence-electron chi connectivity index (χ4n) is 4.89. The summed E-state index contributed by atoms with van der Waals surface area (Å²) in [6, 6.07) is 1.66. The number of carboxylic acids is 3. The summed E-state index contributed by atoms with van der Waals surface area (Å²) in [4.78, 5) is 76.2. The molecule has 5 heterocycles. The Morgan fingerprint density at radius 3 is 2.48 bits per heavy atom. The van der Waals surface area contributed by atoms with E-state index in [2.05, 4.69) is 25.5 Å². The third kappa shape index (κ3) is 5.07. The number of aromatic carboxylic acids is 1. The van der Waals surface area contributed by atoms with Crippen molar-refractivity contribution in [1.29, 1.82) is 0 Å². The van der Waals surface area contributed by atoms with Crippen LogP contribution in [0.4, 0.5) is 5.13 Å². The van der Waals surface area contributed by atoms with Gasteiger partial charge in [-0.15, -0.1) is 27.6 Å². The SMILES string of the molecule is Cc1ccn2nc(C(=O)O)nc2[n+]1CC1=C(C(=O)O)N2C(=O)[C@@](C)(NC(=O)/C(=N\OC(C)(C)C(=O)O)c3csc(N)n3)[C@@]2(C)SC1. The number of hydrogen-bond donors (Lipinski definition) is 5. The van der Waals surface area contributed by atoms with Crippen LogP contribution in [0.25, 0.3) is 5.78 Å². The maximum atomic E-state index is 13.8. The second-order valence-electron chi connectivity index (χ2n) is 11.2. The number of nitrogens with one attached hydrogen (secondary N) is 1. The molecule has 0 radical (unpaired) electrons. The lowest BCUT2D eigenvalue weighted by atomic mass is 9.78. The van der Waals surface area contributed by atoms with Crippen LogP contribution in [0, 0.1) is 6.92 Å². The van der Waals surface area contributed by atoms with Gasteiger partial charge in [0.05, 0.1) is 18.4 Å².